The number of esters is 1. The van der Waals surface area contributed by atoms with E-state index in [2.05, 4.69) is 22.3 Å². The molecule has 1 unspecified atom stereocenters. The van der Waals surface area contributed by atoms with Gasteiger partial charge in [0.25, 0.3) is 5.89 Å². The summed E-state index contributed by atoms with van der Waals surface area (Å²) in [5.41, 5.74) is 1.73. The lowest BCUT2D eigenvalue weighted by atomic mass is 10.1. The van der Waals surface area contributed by atoms with Gasteiger partial charge in [0, 0.05) is 18.6 Å². The number of unbranched alkanes of at least 4 members (excludes halogenated alkanes) is 1. The Morgan fingerprint density at radius 3 is 2.62 bits per heavy atom. The molecule has 9 nitrogen and oxygen atoms in total. The van der Waals surface area contributed by atoms with E-state index in [1.807, 2.05) is 25.1 Å². The van der Waals surface area contributed by atoms with Crippen molar-refractivity contribution in [3.8, 4) is 17.2 Å². The average molecular weight is 514 g/mol. The van der Waals surface area contributed by atoms with Gasteiger partial charge in [0.2, 0.25) is 5.89 Å². The van der Waals surface area contributed by atoms with Gasteiger partial charge in [-0.1, -0.05) is 30.6 Å². The van der Waals surface area contributed by atoms with E-state index in [1.54, 1.807) is 25.1 Å². The molecule has 2 aromatic carbocycles. The number of carbonyl (C=O) groups is 1. The summed E-state index contributed by atoms with van der Waals surface area (Å²) in [5, 5.41) is 12.3. The molecule has 0 aliphatic carbocycles. The largest absolute Gasteiger partial charge is 0.487 e. The van der Waals surface area contributed by atoms with Crippen LogP contribution in [0.5, 0.6) is 5.75 Å². The van der Waals surface area contributed by atoms with Crippen molar-refractivity contribution in [1.29, 1.82) is 0 Å². The number of carbonyl (C=O) groups excluding carboxylic acids is 1. The zero-order valence-corrected chi connectivity index (χ0v) is 21.3. The first-order valence-electron chi connectivity index (χ1n) is 12.3. The first kappa shape index (κ1) is 27.8. The van der Waals surface area contributed by atoms with Gasteiger partial charge in [0.1, 0.15) is 24.8 Å². The highest BCUT2D eigenvalue weighted by atomic mass is 19.1. The summed E-state index contributed by atoms with van der Waals surface area (Å²) in [6.45, 7) is 6.73. The summed E-state index contributed by atoms with van der Waals surface area (Å²) in [5.74, 6) is 0.143. The molecule has 0 aliphatic rings. The zero-order chi connectivity index (χ0) is 26.5. The minimum absolute atomic E-state index is 0.00655. The standard InChI is InChI=1S/C27H32FN3O6/c1-4-7-15-36-31-23(26-30-29-25(37-26)20-11-13-21(28)14-12-20)18-35-22-10-8-9-19(16-22)17-24(33-5-2)27(32)34-6-3/h8-14,16,24H,4-7,15,17-18H2,1-3H3. The third-order valence-electron chi connectivity index (χ3n) is 5.14. The smallest absolute Gasteiger partial charge is 0.335 e. The van der Waals surface area contributed by atoms with Crippen LogP contribution >= 0.6 is 0 Å². The molecule has 1 aromatic heterocycles. The van der Waals surface area contributed by atoms with Crippen LogP contribution in [0.1, 0.15) is 45.1 Å². The normalized spacial score (nSPS) is 12.3. The van der Waals surface area contributed by atoms with Crippen molar-refractivity contribution in [2.45, 2.75) is 46.1 Å². The molecule has 0 fully saturated rings. The second-order valence-electron chi connectivity index (χ2n) is 7.98. The topological polar surface area (TPSA) is 105 Å². The number of nitrogens with zero attached hydrogens (tertiary/aromatic N) is 3. The first-order chi connectivity index (χ1) is 18.0. The molecular formula is C27H32FN3O6. The van der Waals surface area contributed by atoms with Crippen molar-refractivity contribution < 1.29 is 32.7 Å². The molecule has 198 valence electrons. The lowest BCUT2D eigenvalue weighted by Gasteiger charge is -2.16. The Kier molecular flexibility index (Phi) is 11.0. The molecule has 37 heavy (non-hydrogen) atoms. The molecule has 0 N–H and O–H groups in total. The second kappa shape index (κ2) is 14.7. The van der Waals surface area contributed by atoms with E-state index in [-0.39, 0.29) is 30.8 Å². The van der Waals surface area contributed by atoms with Crippen LogP contribution in [0, 0.1) is 5.82 Å². The van der Waals surface area contributed by atoms with E-state index in [9.17, 15) is 9.18 Å². The van der Waals surface area contributed by atoms with Gasteiger partial charge in [0.15, 0.2) is 11.8 Å². The molecule has 0 amide bonds. The Balaban J connectivity index is 1.73. The average Bonchev–Trinajstić information content (AvgIpc) is 3.39. The van der Waals surface area contributed by atoms with Crippen LogP contribution in [0.15, 0.2) is 58.1 Å². The fraction of sp³-hybridized carbons (Fsp3) is 0.407. The van der Waals surface area contributed by atoms with Gasteiger partial charge in [-0.3, -0.25) is 0 Å². The SMILES string of the molecule is CCCCON=C(COc1cccc(CC(OCC)C(=O)OCC)c1)c1nnc(-c2ccc(F)cc2)o1. The number of ether oxygens (including phenoxy) is 3. The second-order valence-corrected chi connectivity index (χ2v) is 7.98. The quantitative estimate of drug-likeness (QED) is 0.121. The van der Waals surface area contributed by atoms with E-state index in [4.69, 9.17) is 23.5 Å². The van der Waals surface area contributed by atoms with Gasteiger partial charge in [0.05, 0.1) is 6.61 Å². The van der Waals surface area contributed by atoms with Gasteiger partial charge in [-0.25, -0.2) is 9.18 Å². The van der Waals surface area contributed by atoms with Crippen molar-refractivity contribution in [3.63, 3.8) is 0 Å². The Bertz CT molecular complexity index is 1150. The first-order valence-corrected chi connectivity index (χ1v) is 12.3. The number of oxime groups is 1. The molecule has 3 rings (SSSR count). The molecule has 3 aromatic rings. The highest BCUT2D eigenvalue weighted by molar-refractivity contribution is 5.97. The number of aromatic nitrogens is 2. The Hall–Kier alpha value is -3.79. The van der Waals surface area contributed by atoms with Crippen molar-refractivity contribution in [2.24, 2.45) is 5.16 Å². The van der Waals surface area contributed by atoms with Crippen LogP contribution in [0.3, 0.4) is 0 Å². The molecule has 0 saturated heterocycles. The number of hydrogen-bond donors (Lipinski definition) is 0. The summed E-state index contributed by atoms with van der Waals surface area (Å²) >= 11 is 0. The third-order valence-corrected chi connectivity index (χ3v) is 5.14. The van der Waals surface area contributed by atoms with E-state index in [0.717, 1.165) is 18.4 Å². The van der Waals surface area contributed by atoms with E-state index in [1.165, 1.54) is 12.1 Å². The van der Waals surface area contributed by atoms with Crippen LogP contribution in [0.2, 0.25) is 0 Å². The van der Waals surface area contributed by atoms with Crippen LogP contribution in [-0.2, 0) is 25.5 Å². The summed E-state index contributed by atoms with van der Waals surface area (Å²) in [6.07, 6.45) is 1.44. The van der Waals surface area contributed by atoms with E-state index >= 15 is 0 Å². The van der Waals surface area contributed by atoms with Gasteiger partial charge in [-0.05, 0) is 62.2 Å². The van der Waals surface area contributed by atoms with Crippen LogP contribution < -0.4 is 4.74 Å². The van der Waals surface area contributed by atoms with Gasteiger partial charge in [-0.15, -0.1) is 10.2 Å². The third kappa shape index (κ3) is 8.68. The molecule has 0 aliphatic heterocycles. The maximum atomic E-state index is 13.3. The minimum atomic E-state index is -0.701. The number of halogens is 1. The minimum Gasteiger partial charge on any atom is -0.487 e. The van der Waals surface area contributed by atoms with Gasteiger partial charge < -0.3 is 23.5 Å². The Morgan fingerprint density at radius 1 is 1.08 bits per heavy atom. The predicted molar refractivity (Wildman–Crippen MR) is 135 cm³/mol. The summed E-state index contributed by atoms with van der Waals surface area (Å²) in [4.78, 5) is 17.6. The number of benzene rings is 2. The van der Waals surface area contributed by atoms with E-state index in [0.29, 0.717) is 36.7 Å². The van der Waals surface area contributed by atoms with Gasteiger partial charge >= 0.3 is 5.97 Å². The number of rotatable bonds is 15. The molecule has 1 atom stereocenters. The molecular weight excluding hydrogens is 481 g/mol. The van der Waals surface area contributed by atoms with Crippen molar-refractivity contribution in [2.75, 3.05) is 26.4 Å². The summed E-state index contributed by atoms with van der Waals surface area (Å²) < 4.78 is 35.7. The van der Waals surface area contributed by atoms with Crippen LogP contribution in [0.4, 0.5) is 4.39 Å². The lowest BCUT2D eigenvalue weighted by Crippen LogP contribution is -2.29. The highest BCUT2D eigenvalue weighted by Crippen LogP contribution is 2.20. The number of hydrogen-bond acceptors (Lipinski definition) is 9. The molecule has 0 spiro atoms. The van der Waals surface area contributed by atoms with Gasteiger partial charge in [-0.2, -0.15) is 0 Å². The molecule has 0 bridgehead atoms. The van der Waals surface area contributed by atoms with Crippen LogP contribution in [0.25, 0.3) is 11.5 Å². The molecule has 1 heterocycles. The van der Waals surface area contributed by atoms with E-state index < -0.39 is 12.1 Å². The fourth-order valence-electron chi connectivity index (χ4n) is 3.28. The lowest BCUT2D eigenvalue weighted by molar-refractivity contribution is -0.156. The Labute approximate surface area is 215 Å². The predicted octanol–water partition coefficient (Wildman–Crippen LogP) is 4.99. The monoisotopic (exact) mass is 513 g/mol. The van der Waals surface area contributed by atoms with Crippen LogP contribution in [-0.4, -0.2) is 54.4 Å². The van der Waals surface area contributed by atoms with Crippen molar-refractivity contribution in [1.82, 2.24) is 10.2 Å². The highest BCUT2D eigenvalue weighted by Gasteiger charge is 2.21. The molecule has 0 saturated carbocycles. The summed E-state index contributed by atoms with van der Waals surface area (Å²) in [6, 6.07) is 13.0. The molecule has 10 heteroatoms. The molecule has 0 radical (unpaired) electrons. The Morgan fingerprint density at radius 2 is 1.89 bits per heavy atom. The maximum absolute atomic E-state index is 13.3. The zero-order valence-electron chi connectivity index (χ0n) is 21.3. The van der Waals surface area contributed by atoms with Crippen molar-refractivity contribution >= 4 is 11.7 Å². The maximum Gasteiger partial charge on any atom is 0.335 e. The van der Waals surface area contributed by atoms with Crippen molar-refractivity contribution in [3.05, 3.63) is 65.8 Å². The summed E-state index contributed by atoms with van der Waals surface area (Å²) in [7, 11) is 0. The fourth-order valence-corrected chi connectivity index (χ4v) is 3.28.